The molecule has 2 aromatic carbocycles. The zero-order chi connectivity index (χ0) is 102. The molecule has 6 unspecified atom stereocenters. The lowest BCUT2D eigenvalue weighted by molar-refractivity contribution is -0.143. The molecule has 141 heavy (non-hydrogen) atoms. The molecule has 17 N–H and O–H groups in total. The third-order valence-corrected chi connectivity index (χ3v) is 32.4. The number of aromatic nitrogens is 3. The first-order valence-electron chi connectivity index (χ1n) is 47.2. The Morgan fingerprint density at radius 1 is 0.411 bits per heavy atom. The van der Waals surface area contributed by atoms with Gasteiger partial charge in [-0.2, -0.15) is 89.0 Å². The van der Waals surface area contributed by atoms with Gasteiger partial charge in [0.1, 0.15) is 17.9 Å². The van der Waals surface area contributed by atoms with Crippen LogP contribution in [0, 0.1) is 5.92 Å². The Morgan fingerprint density at radius 3 is 1.06 bits per heavy atom. The van der Waals surface area contributed by atoms with Crippen molar-refractivity contribution in [1.29, 1.82) is 0 Å². The van der Waals surface area contributed by atoms with Gasteiger partial charge in [0.25, 0.3) is 72.5 Å². The number of aliphatic carboxylic acids is 1. The van der Waals surface area contributed by atoms with Crippen molar-refractivity contribution in [2.24, 2.45) is 5.92 Å². The molecule has 792 valence electrons. The van der Waals surface area contributed by atoms with Crippen LogP contribution < -0.4 is 91.4 Å². The lowest BCUT2D eigenvalue weighted by Crippen LogP contribution is -2.52. The summed E-state index contributed by atoms with van der Waals surface area (Å²) in [6, 6.07) is 0.711. The maximum atomic E-state index is 14.9. The summed E-state index contributed by atoms with van der Waals surface area (Å²) < 4.78 is 233. The van der Waals surface area contributed by atoms with Crippen molar-refractivity contribution >= 4 is 150 Å². The number of fused-ring (bicyclic) bond motifs is 2. The van der Waals surface area contributed by atoms with Gasteiger partial charge >= 0.3 is 18.0 Å². The van der Waals surface area contributed by atoms with E-state index in [9.17, 15) is 126 Å². The molecule has 0 radical (unpaired) electrons. The number of carbonyl (C=O) groups is 9. The van der Waals surface area contributed by atoms with Gasteiger partial charge in [-0.25, -0.2) is 9.59 Å². The fourth-order valence-corrected chi connectivity index (χ4v) is 23.3. The highest BCUT2D eigenvalue weighted by atomic mass is 32.2. The number of ether oxygens (including phenoxy) is 6. The summed E-state index contributed by atoms with van der Waals surface area (Å²) in [6.45, 7) is -1.20. The first-order chi connectivity index (χ1) is 66.7. The molecule has 3 aromatic rings. The fourth-order valence-electron chi connectivity index (χ4n) is 17.3. The van der Waals surface area contributed by atoms with Crippen molar-refractivity contribution in [2.75, 3.05) is 135 Å². The van der Waals surface area contributed by atoms with Gasteiger partial charge in [-0.3, -0.25) is 60.9 Å². The molecule has 1 aliphatic carbocycles. The predicted molar refractivity (Wildman–Crippen MR) is 515 cm³/mol. The lowest BCUT2D eigenvalue weighted by Gasteiger charge is -2.36. The topological polar surface area (TPSA) is 721 Å². The number of anilines is 2. The maximum absolute atomic E-state index is 14.9. The summed E-state index contributed by atoms with van der Waals surface area (Å²) in [5.41, 5.74) is -0.511. The van der Waals surface area contributed by atoms with Gasteiger partial charge in [-0.15, -0.1) is 0 Å². The molecule has 1 saturated carbocycles. The molecule has 6 saturated heterocycles. The summed E-state index contributed by atoms with van der Waals surface area (Å²) >= 11 is 3.54. The number of benzene rings is 2. The maximum Gasteiger partial charge on any atom is 0.315 e. The Hall–Kier alpha value is -9.16. The normalized spacial score (nSPS) is 20.6. The van der Waals surface area contributed by atoms with Crippen LogP contribution in [0.15, 0.2) is 24.3 Å². The highest BCUT2D eigenvalue weighted by molar-refractivity contribution is 8.00. The number of nitrogens with one attached hydrogen (secondary N) is 10. The molecule has 8 atom stereocenters. The number of hydrogen-bond acceptors (Lipinski definition) is 34. The molecule has 0 bridgehead atoms. The molecule has 1 aromatic heterocycles. The lowest BCUT2D eigenvalue weighted by atomic mass is 9.81. The van der Waals surface area contributed by atoms with E-state index in [4.69, 9.17) is 43.4 Å². The first kappa shape index (κ1) is 114. The number of rotatable bonds is 62. The molecule has 6 aliphatic heterocycles. The van der Waals surface area contributed by atoms with Crippen LogP contribution in [0.1, 0.15) is 212 Å². The van der Waals surface area contributed by atoms with E-state index in [0.29, 0.717) is 82.9 Å². The second-order valence-electron chi connectivity index (χ2n) is 35.7. The van der Waals surface area contributed by atoms with Crippen LogP contribution in [0.25, 0.3) is 0 Å². The summed E-state index contributed by atoms with van der Waals surface area (Å²) in [5, 5.41) is 39.8. The Kier molecular flexibility index (Phi) is 43.7. The van der Waals surface area contributed by atoms with Gasteiger partial charge in [0, 0.05) is 103 Å². The third-order valence-electron chi connectivity index (χ3n) is 24.6. The number of urea groups is 2. The number of carboxylic acid groups (broad SMARTS) is 1. The van der Waals surface area contributed by atoms with Crippen molar-refractivity contribution in [3.8, 4) is 34.5 Å². The van der Waals surface area contributed by atoms with Crippen LogP contribution in [-0.4, -0.2) is 335 Å². The van der Waals surface area contributed by atoms with Crippen LogP contribution in [-0.2, 0) is 84.7 Å². The molecule has 0 spiro atoms. The average molecular weight is 2150 g/mol. The predicted octanol–water partition coefficient (Wildman–Crippen LogP) is 2.96. The summed E-state index contributed by atoms with van der Waals surface area (Å²) in [7, 11) is -27.0. The molecule has 7 aliphatic rings. The van der Waals surface area contributed by atoms with Gasteiger partial charge in [0.2, 0.25) is 47.0 Å². The molecular weight excluding hydrogens is 2020 g/mol. The summed E-state index contributed by atoms with van der Waals surface area (Å²) in [5.74, 6) is -9.09. The Labute approximate surface area is 827 Å². The van der Waals surface area contributed by atoms with Crippen LogP contribution in [0.3, 0.4) is 0 Å². The SMILES string of the molecule is O=C(CCCC[C@@H]1SCC2NC(=O)NC21)NCCCCC(NC(=O)c1cc(OCCCS(=O)(=O)O)c(OCCCS(=O)(=O)O)c(OCCCS(=O)(=O)O)c1)C(=O)NC1CCN(c2nc(C3CCC(C(=O)O)CC3)nc(N3CCC(NC(=O)C(CCCCNC(=O)CCCC[C@H]4SCC5NC(=O)NC54)NC(=O)c4cc(OCCCS(=O)(=O)O)c(OCCCS(=O)(=O)O)c(OCCCS(=O)(=O)O)c4)CC3)n2)CC1. The van der Waals surface area contributed by atoms with Crippen molar-refractivity contribution < 1.29 is 155 Å². The number of unbranched alkanes of at least 4 members (excludes halogenated alkanes) is 4. The number of carboxylic acids is 1. The number of nitrogens with zero attached hydrogens (tertiary/aromatic N) is 5. The minimum absolute atomic E-state index is 0.00111. The zero-order valence-corrected chi connectivity index (χ0v) is 84.4. The molecule has 7 heterocycles. The van der Waals surface area contributed by atoms with Gasteiger partial charge in [0.05, 0.1) is 104 Å². The highest BCUT2D eigenvalue weighted by Gasteiger charge is 2.45. The van der Waals surface area contributed by atoms with Crippen molar-refractivity contribution in [3.05, 3.63) is 41.2 Å². The number of hydrogen-bond donors (Lipinski definition) is 17. The molecular formula is C84H129N15O34S8. The van der Waals surface area contributed by atoms with Crippen molar-refractivity contribution in [3.63, 3.8) is 0 Å². The van der Waals surface area contributed by atoms with Crippen molar-refractivity contribution in [2.45, 2.75) is 245 Å². The molecule has 49 nitrogen and oxygen atoms in total. The third kappa shape index (κ3) is 40.1. The number of piperidine rings is 2. The second kappa shape index (κ2) is 54.1. The van der Waals surface area contributed by atoms with Crippen LogP contribution in [0.4, 0.5) is 21.5 Å². The minimum atomic E-state index is -4.51. The van der Waals surface area contributed by atoms with E-state index in [1.807, 2.05) is 9.80 Å². The quantitative estimate of drug-likeness (QED) is 0.0219. The highest BCUT2D eigenvalue weighted by Crippen LogP contribution is 2.43. The van der Waals surface area contributed by atoms with Gasteiger partial charge < -0.3 is 96.5 Å². The Bertz CT molecular complexity index is 5070. The van der Waals surface area contributed by atoms with E-state index >= 15 is 0 Å². The van der Waals surface area contributed by atoms with Crippen LogP contribution >= 0.6 is 23.5 Å². The zero-order valence-electron chi connectivity index (χ0n) is 77.8. The smallest absolute Gasteiger partial charge is 0.315 e. The van der Waals surface area contributed by atoms with Crippen LogP contribution in [0.2, 0.25) is 0 Å². The van der Waals surface area contributed by atoms with E-state index < -0.39 is 195 Å². The number of thioether (sulfide) groups is 2. The van der Waals surface area contributed by atoms with E-state index in [0.717, 1.165) is 61.5 Å². The van der Waals surface area contributed by atoms with Gasteiger partial charge in [-0.1, -0.05) is 12.8 Å². The number of amides is 10. The van der Waals surface area contributed by atoms with Gasteiger partial charge in [-0.05, 0) is 178 Å². The summed E-state index contributed by atoms with van der Waals surface area (Å²) in [4.78, 5) is 141. The second-order valence-corrected chi connectivity index (χ2v) is 47.7. The Morgan fingerprint density at radius 2 is 0.738 bits per heavy atom. The van der Waals surface area contributed by atoms with Crippen molar-refractivity contribution in [1.82, 2.24) is 68.1 Å². The monoisotopic (exact) mass is 2150 g/mol. The summed E-state index contributed by atoms with van der Waals surface area (Å²) in [6.07, 6.45) is 6.83. The minimum Gasteiger partial charge on any atom is -0.489 e. The van der Waals surface area contributed by atoms with E-state index in [2.05, 4.69) is 53.2 Å². The molecule has 10 amide bonds. The fraction of sp³-hybridized carbons (Fsp3) is 0.714. The molecule has 10 rings (SSSR count). The average Bonchev–Trinajstić information content (AvgIpc) is 1.82. The van der Waals surface area contributed by atoms with E-state index in [1.165, 1.54) is 0 Å². The largest absolute Gasteiger partial charge is 0.489 e. The Balaban J connectivity index is 0.840. The first-order valence-corrected chi connectivity index (χ1v) is 58.9. The van der Waals surface area contributed by atoms with E-state index in [-0.39, 0.29) is 238 Å². The number of carbonyl (C=O) groups excluding carboxylic acids is 8. The standard InChI is InChI=1S/C84H129N15O34S8/c100-69(19-3-1-17-67-71-61(51-134-67)91-83(108)93-71)85-29-7-5-15-59(89-76(102)55-47-63(128-35-9-41-136(110,111)112)73(132-39-13-45-140(122,123)124)64(48-55)129-36-10-42-137(113,114)115)78(104)87-57-25-31-98(32-26-57)81-95-75(53-21-23-54(24-22-53)80(106)107)96-82(97-81)99-33-27-58(28-34-99)88-79(105)60(16-6-8-30-86-70(101)20-4-2-18-68-72-62(52-135-68)92-84(109)94-72)90-77(103)56-49-65(130-37-11-43-138(116,117)118)74(133-40-14-46-141(125,126)127)66(50-56)131-38-12-44-139(119,120)121/h47-50,53-54,57-62,67-68,71-72H,1-46,51-52H2,(H,85,100)(H,86,101)(H,87,104)(H,88,105)(H,89,102)(H,90,103)(H,106,107)(H2,91,93,108)(H2,92,94,109)(H,110,111,112)(H,113,114,115)(H,116,117,118)(H,119,120,121)(H,122,123,124)(H,125,126,127)/t53?,54?,59?,60?,61?,62?,67-,68+,71?,72?. The molecule has 7 fully saturated rings. The van der Waals surface area contributed by atoms with E-state index in [1.54, 1.807) is 23.5 Å². The molecule has 57 heteroatoms. The van der Waals surface area contributed by atoms with Crippen LogP contribution in [0.5, 0.6) is 34.5 Å². The van der Waals surface area contributed by atoms with Gasteiger partial charge in [0.15, 0.2) is 23.0 Å².